The quantitative estimate of drug-likeness (QED) is 0.493. The van der Waals surface area contributed by atoms with Crippen LogP contribution in [0.15, 0.2) is 58.5 Å². The van der Waals surface area contributed by atoms with Gasteiger partial charge in [0.15, 0.2) is 0 Å². The first-order chi connectivity index (χ1) is 13.9. The number of hydrogen-bond acceptors (Lipinski definition) is 6. The molecule has 4 aromatic rings. The standard InChI is InChI=1S/C21H18N4O4/c1-13-6-7-17-23-15(8-18(26)25(17)9-13)11-29-19(27)10-24-12-22-20-14(2)4-3-5-16(20)21(24)28/h3-9,12H,10-11H2,1-2H3. The average Bonchev–Trinajstić information content (AvgIpc) is 2.70. The third kappa shape index (κ3) is 3.64. The number of rotatable bonds is 4. The second kappa shape index (κ2) is 7.31. The Balaban J connectivity index is 1.51. The lowest BCUT2D eigenvalue weighted by Crippen LogP contribution is -2.26. The molecule has 0 N–H and O–H groups in total. The van der Waals surface area contributed by atoms with E-state index in [0.717, 1.165) is 11.1 Å². The van der Waals surface area contributed by atoms with Crippen LogP contribution in [0.3, 0.4) is 0 Å². The Hall–Kier alpha value is -3.81. The second-order valence-electron chi connectivity index (χ2n) is 6.83. The highest BCUT2D eigenvalue weighted by atomic mass is 16.5. The molecule has 0 bridgehead atoms. The number of carbonyl (C=O) groups excluding carboxylic acids is 1. The number of nitrogens with zero attached hydrogens (tertiary/aromatic N) is 4. The lowest BCUT2D eigenvalue weighted by atomic mass is 10.1. The van der Waals surface area contributed by atoms with Gasteiger partial charge in [-0.25, -0.2) is 9.97 Å². The molecule has 4 rings (SSSR count). The van der Waals surface area contributed by atoms with Crippen molar-refractivity contribution >= 4 is 22.5 Å². The van der Waals surface area contributed by atoms with Gasteiger partial charge in [-0.1, -0.05) is 18.2 Å². The van der Waals surface area contributed by atoms with Gasteiger partial charge >= 0.3 is 5.97 Å². The number of esters is 1. The van der Waals surface area contributed by atoms with Crippen molar-refractivity contribution in [1.29, 1.82) is 0 Å². The summed E-state index contributed by atoms with van der Waals surface area (Å²) >= 11 is 0. The number of aromatic nitrogens is 4. The van der Waals surface area contributed by atoms with Crippen molar-refractivity contribution in [1.82, 2.24) is 18.9 Å². The van der Waals surface area contributed by atoms with Crippen molar-refractivity contribution < 1.29 is 9.53 Å². The summed E-state index contributed by atoms with van der Waals surface area (Å²) in [6, 6.07) is 10.2. The predicted octanol–water partition coefficient (Wildman–Crippen LogP) is 1.76. The Labute approximate surface area is 165 Å². The molecule has 0 atom stereocenters. The number of pyridine rings is 1. The van der Waals surface area contributed by atoms with Gasteiger partial charge in [-0.15, -0.1) is 0 Å². The number of hydrogen-bond donors (Lipinski definition) is 0. The summed E-state index contributed by atoms with van der Waals surface area (Å²) in [5.74, 6) is -0.619. The van der Waals surface area contributed by atoms with E-state index in [-0.39, 0.29) is 24.3 Å². The maximum Gasteiger partial charge on any atom is 0.326 e. The molecule has 0 fully saturated rings. The zero-order chi connectivity index (χ0) is 20.5. The van der Waals surface area contributed by atoms with Gasteiger partial charge < -0.3 is 4.74 Å². The van der Waals surface area contributed by atoms with E-state index in [9.17, 15) is 14.4 Å². The Morgan fingerprint density at radius 2 is 1.97 bits per heavy atom. The molecule has 0 saturated carbocycles. The molecule has 3 heterocycles. The fourth-order valence-electron chi connectivity index (χ4n) is 3.12. The van der Waals surface area contributed by atoms with E-state index in [4.69, 9.17) is 4.74 Å². The van der Waals surface area contributed by atoms with Crippen LogP contribution in [0.2, 0.25) is 0 Å². The second-order valence-corrected chi connectivity index (χ2v) is 6.83. The number of ether oxygens (including phenoxy) is 1. The summed E-state index contributed by atoms with van der Waals surface area (Å²) < 4.78 is 7.85. The van der Waals surface area contributed by atoms with E-state index < -0.39 is 5.97 Å². The summed E-state index contributed by atoms with van der Waals surface area (Å²) in [4.78, 5) is 45.6. The van der Waals surface area contributed by atoms with Crippen molar-refractivity contribution in [2.75, 3.05) is 0 Å². The van der Waals surface area contributed by atoms with Crippen LogP contribution in [0, 0.1) is 13.8 Å². The molecular formula is C21H18N4O4. The van der Waals surface area contributed by atoms with Gasteiger partial charge in [0, 0.05) is 12.3 Å². The monoisotopic (exact) mass is 390 g/mol. The molecule has 0 saturated heterocycles. The molecule has 0 aliphatic carbocycles. The van der Waals surface area contributed by atoms with Crippen LogP contribution < -0.4 is 11.1 Å². The van der Waals surface area contributed by atoms with Gasteiger partial charge in [-0.2, -0.15) is 0 Å². The molecule has 8 nitrogen and oxygen atoms in total. The zero-order valence-corrected chi connectivity index (χ0v) is 16.0. The van der Waals surface area contributed by atoms with Crippen LogP contribution in [-0.2, 0) is 22.7 Å². The van der Waals surface area contributed by atoms with Gasteiger partial charge in [0.05, 0.1) is 22.9 Å². The van der Waals surface area contributed by atoms with Crippen molar-refractivity contribution in [3.63, 3.8) is 0 Å². The van der Waals surface area contributed by atoms with Crippen LogP contribution in [0.5, 0.6) is 0 Å². The SMILES string of the molecule is Cc1ccc2nc(COC(=O)Cn3cnc4c(C)cccc4c3=O)cc(=O)n2c1. The van der Waals surface area contributed by atoms with Crippen LogP contribution in [0.1, 0.15) is 16.8 Å². The fraction of sp³-hybridized carbons (Fsp3) is 0.190. The van der Waals surface area contributed by atoms with E-state index in [1.165, 1.54) is 21.4 Å². The fourth-order valence-corrected chi connectivity index (χ4v) is 3.12. The topological polar surface area (TPSA) is 95.6 Å². The number of aryl methyl sites for hydroxylation is 2. The molecule has 0 radical (unpaired) electrons. The minimum Gasteiger partial charge on any atom is -0.458 e. The number of benzene rings is 1. The summed E-state index contributed by atoms with van der Waals surface area (Å²) in [7, 11) is 0. The first-order valence-corrected chi connectivity index (χ1v) is 9.02. The van der Waals surface area contributed by atoms with Crippen molar-refractivity contribution in [3.8, 4) is 0 Å². The maximum atomic E-state index is 12.6. The van der Waals surface area contributed by atoms with Gasteiger partial charge in [0.25, 0.3) is 11.1 Å². The highest BCUT2D eigenvalue weighted by Crippen LogP contribution is 2.11. The molecule has 0 aliphatic rings. The molecular weight excluding hydrogens is 372 g/mol. The minimum atomic E-state index is -0.619. The van der Waals surface area contributed by atoms with Crippen LogP contribution in [0.4, 0.5) is 0 Å². The lowest BCUT2D eigenvalue weighted by Gasteiger charge is -2.09. The average molecular weight is 390 g/mol. The molecule has 0 unspecified atom stereocenters. The smallest absolute Gasteiger partial charge is 0.326 e. The number of fused-ring (bicyclic) bond motifs is 2. The Morgan fingerprint density at radius 3 is 2.79 bits per heavy atom. The summed E-state index contributed by atoms with van der Waals surface area (Å²) in [6.07, 6.45) is 3.03. The predicted molar refractivity (Wildman–Crippen MR) is 107 cm³/mol. The molecule has 3 aromatic heterocycles. The third-order valence-corrected chi connectivity index (χ3v) is 4.60. The minimum absolute atomic E-state index is 0.159. The van der Waals surface area contributed by atoms with Gasteiger partial charge in [0.1, 0.15) is 18.8 Å². The Bertz CT molecular complexity index is 1370. The normalized spacial score (nSPS) is 11.1. The highest BCUT2D eigenvalue weighted by molar-refractivity contribution is 5.80. The number of carbonyl (C=O) groups is 1. The van der Waals surface area contributed by atoms with Crippen molar-refractivity contribution in [2.45, 2.75) is 27.0 Å². The van der Waals surface area contributed by atoms with Crippen LogP contribution >= 0.6 is 0 Å². The van der Waals surface area contributed by atoms with E-state index in [1.54, 1.807) is 24.4 Å². The highest BCUT2D eigenvalue weighted by Gasteiger charge is 2.11. The van der Waals surface area contributed by atoms with Crippen molar-refractivity contribution in [3.05, 3.63) is 86.5 Å². The van der Waals surface area contributed by atoms with Gasteiger partial charge in [0.2, 0.25) is 0 Å². The zero-order valence-electron chi connectivity index (χ0n) is 16.0. The van der Waals surface area contributed by atoms with Crippen LogP contribution in [0.25, 0.3) is 16.6 Å². The lowest BCUT2D eigenvalue weighted by molar-refractivity contribution is -0.145. The molecule has 0 spiro atoms. The Kier molecular flexibility index (Phi) is 4.67. The number of para-hydroxylation sites is 1. The largest absolute Gasteiger partial charge is 0.458 e. The van der Waals surface area contributed by atoms with Gasteiger partial charge in [-0.3, -0.25) is 23.4 Å². The first-order valence-electron chi connectivity index (χ1n) is 9.02. The molecule has 8 heteroatoms. The maximum absolute atomic E-state index is 12.6. The Morgan fingerprint density at radius 1 is 1.14 bits per heavy atom. The van der Waals surface area contributed by atoms with E-state index >= 15 is 0 Å². The molecule has 0 amide bonds. The summed E-state index contributed by atoms with van der Waals surface area (Å²) in [5, 5.41) is 0.444. The molecule has 29 heavy (non-hydrogen) atoms. The molecule has 146 valence electrons. The van der Waals surface area contributed by atoms with E-state index in [0.29, 0.717) is 22.2 Å². The summed E-state index contributed by atoms with van der Waals surface area (Å²) in [5.41, 5.74) is 2.68. The first kappa shape index (κ1) is 18.5. The third-order valence-electron chi connectivity index (χ3n) is 4.60. The van der Waals surface area contributed by atoms with Gasteiger partial charge in [-0.05, 0) is 37.1 Å². The van der Waals surface area contributed by atoms with E-state index in [1.807, 2.05) is 26.0 Å². The molecule has 0 aliphatic heterocycles. The summed E-state index contributed by atoms with van der Waals surface area (Å²) in [6.45, 7) is 3.31. The van der Waals surface area contributed by atoms with Crippen molar-refractivity contribution in [2.24, 2.45) is 0 Å². The van der Waals surface area contributed by atoms with E-state index in [2.05, 4.69) is 9.97 Å². The van der Waals surface area contributed by atoms with Crippen LogP contribution in [-0.4, -0.2) is 24.9 Å². The molecule has 1 aromatic carbocycles.